The Morgan fingerprint density at radius 3 is 2.55 bits per heavy atom. The average Bonchev–Trinajstić information content (AvgIpc) is 2.07. The van der Waals surface area contributed by atoms with Gasteiger partial charge >= 0.3 is 0 Å². The van der Waals surface area contributed by atoms with Gasteiger partial charge in [-0.05, 0) is 38.3 Å². The molecule has 0 aromatic carbocycles. The summed E-state index contributed by atoms with van der Waals surface area (Å²) in [4.78, 5) is 0. The molecule has 11 heavy (non-hydrogen) atoms. The fourth-order valence-electron chi connectivity index (χ4n) is 1.87. The molecule has 0 atom stereocenters. The molecule has 0 unspecified atom stereocenters. The maximum atomic E-state index is 3.50. The Morgan fingerprint density at radius 1 is 1.18 bits per heavy atom. The van der Waals surface area contributed by atoms with Crippen molar-refractivity contribution in [1.82, 2.24) is 5.32 Å². The van der Waals surface area contributed by atoms with E-state index in [4.69, 9.17) is 0 Å². The van der Waals surface area contributed by atoms with Gasteiger partial charge in [0.05, 0.1) is 0 Å². The highest BCUT2D eigenvalue weighted by atomic mass is 14.8. The van der Waals surface area contributed by atoms with Crippen molar-refractivity contribution < 1.29 is 0 Å². The van der Waals surface area contributed by atoms with E-state index < -0.39 is 0 Å². The Hall–Kier alpha value is -0.0400. The van der Waals surface area contributed by atoms with Crippen LogP contribution in [0.2, 0.25) is 0 Å². The summed E-state index contributed by atoms with van der Waals surface area (Å²) in [6.45, 7) is 4.71. The van der Waals surface area contributed by atoms with Crippen molar-refractivity contribution in [3.8, 4) is 0 Å². The highest BCUT2D eigenvalue weighted by molar-refractivity contribution is 4.67. The van der Waals surface area contributed by atoms with Crippen LogP contribution in [0.5, 0.6) is 0 Å². The Balaban J connectivity index is 1.96. The van der Waals surface area contributed by atoms with E-state index in [-0.39, 0.29) is 0 Å². The van der Waals surface area contributed by atoms with Crippen molar-refractivity contribution in [3.05, 3.63) is 0 Å². The first-order valence-electron chi connectivity index (χ1n) is 5.14. The van der Waals surface area contributed by atoms with Crippen molar-refractivity contribution in [3.63, 3.8) is 0 Å². The van der Waals surface area contributed by atoms with Crippen LogP contribution in [0.15, 0.2) is 0 Å². The van der Waals surface area contributed by atoms with E-state index in [1.165, 1.54) is 51.6 Å². The molecule has 0 aromatic rings. The van der Waals surface area contributed by atoms with E-state index in [1.54, 1.807) is 0 Å². The van der Waals surface area contributed by atoms with Crippen LogP contribution in [0.4, 0.5) is 0 Å². The minimum atomic E-state index is 0.996. The van der Waals surface area contributed by atoms with Gasteiger partial charge in [0.25, 0.3) is 0 Å². The molecular formula is C10H21N. The van der Waals surface area contributed by atoms with Crippen LogP contribution in [-0.4, -0.2) is 13.1 Å². The van der Waals surface area contributed by atoms with Crippen molar-refractivity contribution in [1.29, 1.82) is 0 Å². The van der Waals surface area contributed by atoms with Crippen molar-refractivity contribution in [2.75, 3.05) is 13.1 Å². The zero-order valence-electron chi connectivity index (χ0n) is 7.73. The van der Waals surface area contributed by atoms with Gasteiger partial charge in [-0.15, -0.1) is 0 Å². The minimum absolute atomic E-state index is 0.996. The van der Waals surface area contributed by atoms with Crippen LogP contribution in [0.3, 0.4) is 0 Å². The molecule has 1 heteroatoms. The standard InChI is InChI=1S/C10H21N/c1-2-8-11-9-10-6-4-3-5-7-10/h10-11H,2-9H2,1H3. The molecule has 0 saturated heterocycles. The van der Waals surface area contributed by atoms with Gasteiger partial charge in [0.2, 0.25) is 0 Å². The Bertz CT molecular complexity index is 84.9. The van der Waals surface area contributed by atoms with Crippen LogP contribution in [0, 0.1) is 5.92 Å². The van der Waals surface area contributed by atoms with Gasteiger partial charge in [0.1, 0.15) is 0 Å². The first-order valence-corrected chi connectivity index (χ1v) is 5.14. The first kappa shape index (κ1) is 9.05. The molecule has 0 aliphatic heterocycles. The molecular weight excluding hydrogens is 134 g/mol. The summed E-state index contributed by atoms with van der Waals surface area (Å²) < 4.78 is 0. The predicted octanol–water partition coefficient (Wildman–Crippen LogP) is 2.57. The lowest BCUT2D eigenvalue weighted by Crippen LogP contribution is -2.24. The molecule has 1 nitrogen and oxygen atoms in total. The molecule has 1 aliphatic rings. The van der Waals surface area contributed by atoms with Crippen molar-refractivity contribution >= 4 is 0 Å². The zero-order chi connectivity index (χ0) is 7.94. The second-order valence-corrected chi connectivity index (χ2v) is 3.71. The van der Waals surface area contributed by atoms with Crippen LogP contribution in [0.25, 0.3) is 0 Å². The SMILES string of the molecule is CCCNCC1CCCCC1. The fraction of sp³-hybridized carbons (Fsp3) is 1.00. The third-order valence-electron chi connectivity index (χ3n) is 2.58. The average molecular weight is 155 g/mol. The molecule has 0 amide bonds. The second kappa shape index (κ2) is 5.59. The molecule has 1 aliphatic carbocycles. The summed E-state index contributed by atoms with van der Waals surface area (Å²) in [5.41, 5.74) is 0. The Labute approximate surface area is 70.6 Å². The van der Waals surface area contributed by atoms with E-state index >= 15 is 0 Å². The van der Waals surface area contributed by atoms with E-state index in [9.17, 15) is 0 Å². The normalized spacial score (nSPS) is 20.5. The maximum absolute atomic E-state index is 3.50. The summed E-state index contributed by atoms with van der Waals surface area (Å²) in [6, 6.07) is 0. The van der Waals surface area contributed by atoms with Gasteiger partial charge < -0.3 is 5.32 Å². The zero-order valence-corrected chi connectivity index (χ0v) is 7.73. The van der Waals surface area contributed by atoms with Gasteiger partial charge in [-0.25, -0.2) is 0 Å². The van der Waals surface area contributed by atoms with Crippen LogP contribution in [-0.2, 0) is 0 Å². The summed E-state index contributed by atoms with van der Waals surface area (Å²) in [6.07, 6.45) is 8.63. The maximum Gasteiger partial charge on any atom is -0.00205 e. The van der Waals surface area contributed by atoms with Crippen LogP contribution >= 0.6 is 0 Å². The van der Waals surface area contributed by atoms with Gasteiger partial charge in [-0.1, -0.05) is 26.2 Å². The fourth-order valence-corrected chi connectivity index (χ4v) is 1.87. The summed E-state index contributed by atoms with van der Waals surface area (Å²) >= 11 is 0. The monoisotopic (exact) mass is 155 g/mol. The molecule has 1 saturated carbocycles. The number of hydrogen-bond donors (Lipinski definition) is 1. The van der Waals surface area contributed by atoms with E-state index in [2.05, 4.69) is 12.2 Å². The van der Waals surface area contributed by atoms with Gasteiger partial charge in [-0.2, -0.15) is 0 Å². The van der Waals surface area contributed by atoms with Crippen LogP contribution < -0.4 is 5.32 Å². The van der Waals surface area contributed by atoms with Crippen molar-refractivity contribution in [2.45, 2.75) is 45.4 Å². The van der Waals surface area contributed by atoms with Gasteiger partial charge in [-0.3, -0.25) is 0 Å². The lowest BCUT2D eigenvalue weighted by molar-refractivity contribution is 0.343. The summed E-state index contributed by atoms with van der Waals surface area (Å²) in [7, 11) is 0. The van der Waals surface area contributed by atoms with Gasteiger partial charge in [0.15, 0.2) is 0 Å². The van der Waals surface area contributed by atoms with Gasteiger partial charge in [0, 0.05) is 0 Å². The largest absolute Gasteiger partial charge is 0.316 e. The molecule has 1 rings (SSSR count). The lowest BCUT2D eigenvalue weighted by Gasteiger charge is -2.21. The smallest absolute Gasteiger partial charge is 0.00205 e. The number of rotatable bonds is 4. The predicted molar refractivity (Wildman–Crippen MR) is 49.7 cm³/mol. The Morgan fingerprint density at radius 2 is 1.91 bits per heavy atom. The number of nitrogens with one attached hydrogen (secondary N) is 1. The minimum Gasteiger partial charge on any atom is -0.316 e. The first-order chi connectivity index (χ1) is 5.43. The molecule has 0 bridgehead atoms. The molecule has 1 fully saturated rings. The molecule has 0 aromatic heterocycles. The van der Waals surface area contributed by atoms with Crippen molar-refractivity contribution in [2.24, 2.45) is 5.92 Å². The third kappa shape index (κ3) is 3.76. The molecule has 0 radical (unpaired) electrons. The highest BCUT2D eigenvalue weighted by Gasteiger charge is 2.11. The van der Waals surface area contributed by atoms with E-state index in [1.807, 2.05) is 0 Å². The lowest BCUT2D eigenvalue weighted by atomic mass is 9.89. The Kier molecular flexibility index (Phi) is 4.60. The summed E-state index contributed by atoms with van der Waals surface area (Å²) in [5.74, 6) is 0.996. The van der Waals surface area contributed by atoms with Crippen LogP contribution in [0.1, 0.15) is 45.4 Å². The molecule has 1 N–H and O–H groups in total. The number of hydrogen-bond acceptors (Lipinski definition) is 1. The summed E-state index contributed by atoms with van der Waals surface area (Å²) in [5, 5.41) is 3.50. The topological polar surface area (TPSA) is 12.0 Å². The van der Waals surface area contributed by atoms with E-state index in [0.29, 0.717) is 0 Å². The molecule has 66 valence electrons. The second-order valence-electron chi connectivity index (χ2n) is 3.71. The third-order valence-corrected chi connectivity index (χ3v) is 2.58. The molecule has 0 heterocycles. The van der Waals surface area contributed by atoms with E-state index in [0.717, 1.165) is 5.92 Å². The highest BCUT2D eigenvalue weighted by Crippen LogP contribution is 2.22. The molecule has 0 spiro atoms. The quantitative estimate of drug-likeness (QED) is 0.615.